The minimum Gasteiger partial charge on any atom is -0.386 e. The highest BCUT2D eigenvalue weighted by Crippen LogP contribution is 2.27. The molecule has 2 fully saturated rings. The summed E-state index contributed by atoms with van der Waals surface area (Å²) in [5, 5.41) is 13.6. The van der Waals surface area contributed by atoms with E-state index in [2.05, 4.69) is 5.32 Å². The first-order valence-electron chi connectivity index (χ1n) is 5.74. The number of hydrogen-bond donors (Lipinski definition) is 2. The lowest BCUT2D eigenvalue weighted by molar-refractivity contribution is -0.0373. The Bertz CT molecular complexity index is 218. The molecule has 4 heteroatoms. The maximum absolute atomic E-state index is 10.2. The summed E-state index contributed by atoms with van der Waals surface area (Å²) >= 11 is 0. The van der Waals surface area contributed by atoms with E-state index in [9.17, 15) is 5.11 Å². The molecule has 1 saturated heterocycles. The molecule has 2 N–H and O–H groups in total. The summed E-state index contributed by atoms with van der Waals surface area (Å²) in [5.41, 5.74) is -0.668. The van der Waals surface area contributed by atoms with E-state index < -0.39 is 5.60 Å². The van der Waals surface area contributed by atoms with Crippen LogP contribution in [-0.4, -0.2) is 49.2 Å². The molecule has 1 heterocycles. The number of ether oxygens (including phenoxy) is 2. The van der Waals surface area contributed by atoms with E-state index in [1.807, 2.05) is 6.92 Å². The largest absolute Gasteiger partial charge is 0.386 e. The molecule has 0 aromatic rings. The van der Waals surface area contributed by atoms with Gasteiger partial charge < -0.3 is 19.9 Å². The quantitative estimate of drug-likeness (QED) is 0.708. The molecule has 2 unspecified atom stereocenters. The highest BCUT2D eigenvalue weighted by atomic mass is 16.5. The summed E-state index contributed by atoms with van der Waals surface area (Å²) in [7, 11) is 1.75. The molecule has 0 bridgehead atoms. The van der Waals surface area contributed by atoms with Crippen molar-refractivity contribution in [1.29, 1.82) is 0 Å². The monoisotopic (exact) mass is 215 g/mol. The van der Waals surface area contributed by atoms with E-state index in [1.165, 1.54) is 0 Å². The van der Waals surface area contributed by atoms with Crippen LogP contribution in [0.5, 0.6) is 0 Å². The third-order valence-electron chi connectivity index (χ3n) is 3.78. The zero-order chi connectivity index (χ0) is 10.9. The van der Waals surface area contributed by atoms with Gasteiger partial charge in [-0.25, -0.2) is 0 Å². The van der Waals surface area contributed by atoms with Crippen molar-refractivity contribution in [2.75, 3.05) is 20.3 Å². The SMILES string of the molecule is COC1CC(NCC2(O)CCOC2C)C1. The predicted molar refractivity (Wildman–Crippen MR) is 56.8 cm³/mol. The van der Waals surface area contributed by atoms with Gasteiger partial charge >= 0.3 is 0 Å². The first kappa shape index (κ1) is 11.3. The third kappa shape index (κ3) is 2.33. The molecule has 0 aromatic carbocycles. The predicted octanol–water partition coefficient (Wildman–Crippen LogP) is 0.293. The Morgan fingerprint density at radius 1 is 1.53 bits per heavy atom. The molecule has 4 nitrogen and oxygen atoms in total. The first-order chi connectivity index (χ1) is 7.14. The van der Waals surface area contributed by atoms with Crippen LogP contribution in [0.2, 0.25) is 0 Å². The van der Waals surface area contributed by atoms with E-state index in [0.29, 0.717) is 25.3 Å². The normalized spacial score (nSPS) is 45.4. The van der Waals surface area contributed by atoms with E-state index in [1.54, 1.807) is 7.11 Å². The van der Waals surface area contributed by atoms with Gasteiger partial charge in [-0.1, -0.05) is 0 Å². The second kappa shape index (κ2) is 4.37. The van der Waals surface area contributed by atoms with Crippen molar-refractivity contribution in [2.45, 2.75) is 50.0 Å². The Balaban J connectivity index is 1.70. The summed E-state index contributed by atoms with van der Waals surface area (Å²) in [6, 6.07) is 0.506. The van der Waals surface area contributed by atoms with Crippen LogP contribution in [0.25, 0.3) is 0 Å². The maximum Gasteiger partial charge on any atom is 0.105 e. The molecule has 0 aromatic heterocycles. The van der Waals surface area contributed by atoms with Crippen molar-refractivity contribution >= 4 is 0 Å². The smallest absolute Gasteiger partial charge is 0.105 e. The third-order valence-corrected chi connectivity index (χ3v) is 3.78. The number of nitrogens with one attached hydrogen (secondary N) is 1. The lowest BCUT2D eigenvalue weighted by atomic mass is 9.88. The van der Waals surface area contributed by atoms with Crippen LogP contribution < -0.4 is 5.32 Å². The summed E-state index contributed by atoms with van der Waals surface area (Å²) in [6.07, 6.45) is 3.21. The van der Waals surface area contributed by atoms with Gasteiger partial charge in [0.25, 0.3) is 0 Å². The van der Waals surface area contributed by atoms with E-state index in [4.69, 9.17) is 9.47 Å². The van der Waals surface area contributed by atoms with Gasteiger partial charge in [0.1, 0.15) is 5.60 Å². The molecule has 0 spiro atoms. The molecule has 1 saturated carbocycles. The summed E-state index contributed by atoms with van der Waals surface area (Å²) in [6.45, 7) is 3.24. The highest BCUT2D eigenvalue weighted by Gasteiger charge is 2.40. The van der Waals surface area contributed by atoms with Gasteiger partial charge in [-0.3, -0.25) is 0 Å². The van der Waals surface area contributed by atoms with Gasteiger partial charge in [-0.15, -0.1) is 0 Å². The second-order valence-corrected chi connectivity index (χ2v) is 4.77. The fraction of sp³-hybridized carbons (Fsp3) is 1.00. The molecule has 2 atom stereocenters. The van der Waals surface area contributed by atoms with Crippen LogP contribution in [0.15, 0.2) is 0 Å². The fourth-order valence-corrected chi connectivity index (χ4v) is 2.25. The first-order valence-corrected chi connectivity index (χ1v) is 5.74. The molecule has 0 radical (unpaired) electrons. The standard InChI is InChI=1S/C11H21NO3/c1-8-11(13,3-4-15-8)7-12-9-5-10(6-9)14-2/h8-10,12-13H,3-7H2,1-2H3. The molecular weight excluding hydrogens is 194 g/mol. The van der Waals surface area contributed by atoms with Crippen molar-refractivity contribution in [3.8, 4) is 0 Å². The number of aliphatic hydroxyl groups is 1. The van der Waals surface area contributed by atoms with Crippen LogP contribution >= 0.6 is 0 Å². The Kier molecular flexibility index (Phi) is 3.30. The van der Waals surface area contributed by atoms with Gasteiger partial charge in [0.2, 0.25) is 0 Å². The lowest BCUT2D eigenvalue weighted by Crippen LogP contribution is -2.53. The van der Waals surface area contributed by atoms with Crippen molar-refractivity contribution in [3.63, 3.8) is 0 Å². The van der Waals surface area contributed by atoms with E-state index in [-0.39, 0.29) is 6.10 Å². The zero-order valence-electron chi connectivity index (χ0n) is 9.53. The zero-order valence-corrected chi connectivity index (χ0v) is 9.53. The van der Waals surface area contributed by atoms with Gasteiger partial charge in [-0.2, -0.15) is 0 Å². The van der Waals surface area contributed by atoms with Crippen LogP contribution in [-0.2, 0) is 9.47 Å². The molecule has 88 valence electrons. The second-order valence-electron chi connectivity index (χ2n) is 4.77. The van der Waals surface area contributed by atoms with E-state index in [0.717, 1.165) is 19.3 Å². The molecule has 1 aliphatic carbocycles. The average Bonchev–Trinajstić information content (AvgIpc) is 2.45. The van der Waals surface area contributed by atoms with Crippen LogP contribution in [0, 0.1) is 0 Å². The summed E-state index contributed by atoms with van der Waals surface area (Å²) < 4.78 is 10.6. The van der Waals surface area contributed by atoms with Crippen molar-refractivity contribution in [3.05, 3.63) is 0 Å². The Labute approximate surface area is 90.9 Å². The Morgan fingerprint density at radius 2 is 2.27 bits per heavy atom. The maximum atomic E-state index is 10.2. The number of rotatable bonds is 4. The number of methoxy groups -OCH3 is 1. The van der Waals surface area contributed by atoms with Gasteiger partial charge in [0.05, 0.1) is 12.2 Å². The van der Waals surface area contributed by atoms with Gasteiger partial charge in [0, 0.05) is 32.7 Å². The molecule has 1 aliphatic heterocycles. The fourth-order valence-electron chi connectivity index (χ4n) is 2.25. The molecule has 0 amide bonds. The molecule has 15 heavy (non-hydrogen) atoms. The molecule has 2 rings (SSSR count). The summed E-state index contributed by atoms with van der Waals surface area (Å²) in [4.78, 5) is 0. The van der Waals surface area contributed by atoms with Crippen molar-refractivity contribution < 1.29 is 14.6 Å². The van der Waals surface area contributed by atoms with Crippen LogP contribution in [0.3, 0.4) is 0 Å². The minimum absolute atomic E-state index is 0.0525. The van der Waals surface area contributed by atoms with Crippen LogP contribution in [0.1, 0.15) is 26.2 Å². The average molecular weight is 215 g/mol. The van der Waals surface area contributed by atoms with E-state index >= 15 is 0 Å². The molecular formula is C11H21NO3. The van der Waals surface area contributed by atoms with Gasteiger partial charge in [0.15, 0.2) is 0 Å². The number of hydrogen-bond acceptors (Lipinski definition) is 4. The topological polar surface area (TPSA) is 50.7 Å². The van der Waals surface area contributed by atoms with Crippen molar-refractivity contribution in [2.24, 2.45) is 0 Å². The minimum atomic E-state index is -0.668. The summed E-state index contributed by atoms with van der Waals surface area (Å²) in [5.74, 6) is 0. The lowest BCUT2D eigenvalue weighted by Gasteiger charge is -2.37. The Morgan fingerprint density at radius 3 is 2.80 bits per heavy atom. The Hall–Kier alpha value is -0.160. The molecule has 2 aliphatic rings. The van der Waals surface area contributed by atoms with Crippen molar-refractivity contribution in [1.82, 2.24) is 5.32 Å². The van der Waals surface area contributed by atoms with Gasteiger partial charge in [-0.05, 0) is 19.8 Å². The van der Waals surface area contributed by atoms with Crippen LogP contribution in [0.4, 0.5) is 0 Å². The highest BCUT2D eigenvalue weighted by molar-refractivity contribution is 4.94.